The molecule has 3 nitrogen and oxygen atoms in total. The van der Waals surface area contributed by atoms with E-state index in [2.05, 4.69) is 24.3 Å². The number of aliphatic hydroxyl groups is 1. The predicted molar refractivity (Wildman–Crippen MR) is 114 cm³/mol. The van der Waals surface area contributed by atoms with Crippen molar-refractivity contribution < 1.29 is 9.90 Å². The highest BCUT2D eigenvalue weighted by atomic mass is 16.3. The number of benzene rings is 3. The van der Waals surface area contributed by atoms with Gasteiger partial charge in [-0.05, 0) is 40.8 Å². The second-order valence-electron chi connectivity index (χ2n) is 7.20. The van der Waals surface area contributed by atoms with E-state index < -0.39 is 0 Å². The standard InChI is InChI=1S/C25H23NO2/c1-2-23(27)25-22(15-20(16-24(25)28)17-8-4-3-5-9-17)26-21-13-12-18-10-6-7-11-19(18)14-21/h3-14,20,27H,2,15-16H2,1H3/b25-23+,26-22?/t20-/m0/s1. The van der Waals surface area contributed by atoms with Gasteiger partial charge in [-0.2, -0.15) is 0 Å². The van der Waals surface area contributed by atoms with Crippen LogP contribution in [0.4, 0.5) is 5.69 Å². The Morgan fingerprint density at radius 1 is 0.964 bits per heavy atom. The fraction of sp³-hybridized carbons (Fsp3) is 0.200. The quantitative estimate of drug-likeness (QED) is 0.436. The second kappa shape index (κ2) is 7.81. The fourth-order valence-electron chi connectivity index (χ4n) is 3.86. The molecule has 0 saturated heterocycles. The Bertz CT molecular complexity index is 1080. The molecule has 0 spiro atoms. The second-order valence-corrected chi connectivity index (χ2v) is 7.20. The maximum absolute atomic E-state index is 12.9. The molecule has 3 aromatic rings. The molecule has 0 unspecified atom stereocenters. The monoisotopic (exact) mass is 369 g/mol. The number of fused-ring (bicyclic) bond motifs is 1. The van der Waals surface area contributed by atoms with Gasteiger partial charge in [0.15, 0.2) is 5.78 Å². The molecule has 0 heterocycles. The van der Waals surface area contributed by atoms with Crippen molar-refractivity contribution in [3.63, 3.8) is 0 Å². The van der Waals surface area contributed by atoms with Gasteiger partial charge in [0.2, 0.25) is 0 Å². The van der Waals surface area contributed by atoms with Crippen molar-refractivity contribution in [2.24, 2.45) is 4.99 Å². The summed E-state index contributed by atoms with van der Waals surface area (Å²) in [6.45, 7) is 1.85. The van der Waals surface area contributed by atoms with Crippen molar-refractivity contribution in [3.05, 3.63) is 89.7 Å². The van der Waals surface area contributed by atoms with Crippen molar-refractivity contribution >= 4 is 28.0 Å². The predicted octanol–water partition coefficient (Wildman–Crippen LogP) is 6.28. The lowest BCUT2D eigenvalue weighted by atomic mass is 9.79. The van der Waals surface area contributed by atoms with E-state index in [-0.39, 0.29) is 17.5 Å². The zero-order chi connectivity index (χ0) is 19.5. The Kier molecular flexibility index (Phi) is 5.07. The Hall–Kier alpha value is -3.20. The summed E-state index contributed by atoms with van der Waals surface area (Å²) in [5, 5.41) is 12.7. The summed E-state index contributed by atoms with van der Waals surface area (Å²) in [5.41, 5.74) is 3.02. The van der Waals surface area contributed by atoms with Gasteiger partial charge in [-0.25, -0.2) is 0 Å². The van der Waals surface area contributed by atoms with E-state index in [1.165, 1.54) is 0 Å². The van der Waals surface area contributed by atoms with Gasteiger partial charge in [0.25, 0.3) is 0 Å². The first kappa shape index (κ1) is 18.2. The van der Waals surface area contributed by atoms with E-state index >= 15 is 0 Å². The summed E-state index contributed by atoms with van der Waals surface area (Å²) in [7, 11) is 0. The maximum atomic E-state index is 12.9. The summed E-state index contributed by atoms with van der Waals surface area (Å²) in [5.74, 6) is 0.191. The molecule has 0 amide bonds. The first-order valence-corrected chi connectivity index (χ1v) is 9.72. The zero-order valence-electron chi connectivity index (χ0n) is 15.9. The number of aliphatic imine (C=N–C) groups is 1. The molecule has 1 saturated carbocycles. The summed E-state index contributed by atoms with van der Waals surface area (Å²) >= 11 is 0. The molecule has 0 bridgehead atoms. The van der Waals surface area contributed by atoms with Crippen LogP contribution in [0.3, 0.4) is 0 Å². The van der Waals surface area contributed by atoms with Crippen LogP contribution in [0.1, 0.15) is 37.7 Å². The lowest BCUT2D eigenvalue weighted by Gasteiger charge is -2.25. The van der Waals surface area contributed by atoms with E-state index in [9.17, 15) is 9.90 Å². The van der Waals surface area contributed by atoms with Gasteiger partial charge in [-0.1, -0.05) is 67.6 Å². The topological polar surface area (TPSA) is 49.7 Å². The van der Waals surface area contributed by atoms with E-state index in [4.69, 9.17) is 4.99 Å². The number of hydrogen-bond acceptors (Lipinski definition) is 3. The molecule has 3 heteroatoms. The van der Waals surface area contributed by atoms with Gasteiger partial charge < -0.3 is 5.11 Å². The molecule has 1 atom stereocenters. The highest BCUT2D eigenvalue weighted by Crippen LogP contribution is 2.35. The van der Waals surface area contributed by atoms with Crippen LogP contribution in [0, 0.1) is 0 Å². The molecule has 1 N–H and O–H groups in total. The molecule has 140 valence electrons. The van der Waals surface area contributed by atoms with Gasteiger partial charge in [-0.15, -0.1) is 0 Å². The molecule has 1 aliphatic rings. The summed E-state index contributed by atoms with van der Waals surface area (Å²) in [4.78, 5) is 17.7. The van der Waals surface area contributed by atoms with Gasteiger partial charge in [0.05, 0.1) is 17.0 Å². The van der Waals surface area contributed by atoms with Crippen molar-refractivity contribution in [2.45, 2.75) is 32.1 Å². The number of Topliss-reactive ketones (excluding diaryl/α,β-unsaturated/α-hetero) is 1. The molecule has 0 radical (unpaired) electrons. The van der Waals surface area contributed by atoms with E-state index in [1.54, 1.807) is 0 Å². The molecule has 3 aromatic carbocycles. The highest BCUT2D eigenvalue weighted by molar-refractivity contribution is 6.25. The van der Waals surface area contributed by atoms with Crippen molar-refractivity contribution in [2.75, 3.05) is 0 Å². The highest BCUT2D eigenvalue weighted by Gasteiger charge is 2.32. The number of carbonyl (C=O) groups is 1. The van der Waals surface area contributed by atoms with Crippen LogP contribution in [-0.2, 0) is 4.79 Å². The third-order valence-electron chi connectivity index (χ3n) is 5.33. The third kappa shape index (κ3) is 3.61. The minimum Gasteiger partial charge on any atom is -0.512 e. The van der Waals surface area contributed by atoms with Gasteiger partial charge in [0, 0.05) is 12.8 Å². The Labute approximate surface area is 165 Å². The first-order valence-electron chi connectivity index (χ1n) is 9.72. The lowest BCUT2D eigenvalue weighted by molar-refractivity contribution is -0.115. The lowest BCUT2D eigenvalue weighted by Crippen LogP contribution is -2.26. The number of hydrogen-bond donors (Lipinski definition) is 1. The molecule has 28 heavy (non-hydrogen) atoms. The average Bonchev–Trinajstić information content (AvgIpc) is 2.73. The van der Waals surface area contributed by atoms with Gasteiger partial charge in [-0.3, -0.25) is 9.79 Å². The number of aliphatic hydroxyl groups excluding tert-OH is 1. The van der Waals surface area contributed by atoms with Crippen LogP contribution < -0.4 is 0 Å². The third-order valence-corrected chi connectivity index (χ3v) is 5.33. The number of carbonyl (C=O) groups excluding carboxylic acids is 1. The zero-order valence-corrected chi connectivity index (χ0v) is 15.9. The fourth-order valence-corrected chi connectivity index (χ4v) is 3.86. The minimum atomic E-state index is -0.0287. The van der Waals surface area contributed by atoms with Crippen molar-refractivity contribution in [1.29, 1.82) is 0 Å². The van der Waals surface area contributed by atoms with Gasteiger partial charge in [0.1, 0.15) is 5.76 Å². The van der Waals surface area contributed by atoms with Crippen molar-refractivity contribution in [3.8, 4) is 0 Å². The molecule has 0 aliphatic heterocycles. The minimum absolute atomic E-state index is 0.0287. The van der Waals surface area contributed by atoms with Crippen LogP contribution in [0.15, 0.2) is 89.1 Å². The molecule has 1 aliphatic carbocycles. The molecule has 0 aromatic heterocycles. The average molecular weight is 369 g/mol. The number of allylic oxidation sites excluding steroid dienone is 2. The largest absolute Gasteiger partial charge is 0.512 e. The number of nitrogens with zero attached hydrogens (tertiary/aromatic N) is 1. The molecular formula is C25H23NO2. The number of ketones is 1. The summed E-state index contributed by atoms with van der Waals surface area (Å²) < 4.78 is 0. The smallest absolute Gasteiger partial charge is 0.168 e. The van der Waals surface area contributed by atoms with E-state index in [1.807, 2.05) is 55.5 Å². The van der Waals surface area contributed by atoms with E-state index in [0.717, 1.165) is 22.0 Å². The van der Waals surface area contributed by atoms with Crippen LogP contribution in [0.25, 0.3) is 10.8 Å². The Morgan fingerprint density at radius 2 is 1.68 bits per heavy atom. The van der Waals surface area contributed by atoms with E-state index in [0.29, 0.717) is 30.5 Å². The Morgan fingerprint density at radius 3 is 2.43 bits per heavy atom. The first-order chi connectivity index (χ1) is 13.7. The van der Waals surface area contributed by atoms with Gasteiger partial charge >= 0.3 is 0 Å². The number of rotatable bonds is 3. The SMILES string of the molecule is CC/C(O)=C1\C(=O)C[C@@H](c2ccccc2)CC1=Nc1ccc2ccccc2c1. The van der Waals surface area contributed by atoms with Crippen LogP contribution in [0.5, 0.6) is 0 Å². The normalized spacial score (nSPS) is 20.5. The van der Waals surface area contributed by atoms with Crippen LogP contribution in [0.2, 0.25) is 0 Å². The Balaban J connectivity index is 1.78. The summed E-state index contributed by atoms with van der Waals surface area (Å²) in [6, 6.07) is 24.2. The van der Waals surface area contributed by atoms with Crippen LogP contribution >= 0.6 is 0 Å². The van der Waals surface area contributed by atoms with Crippen LogP contribution in [-0.4, -0.2) is 16.6 Å². The summed E-state index contributed by atoms with van der Waals surface area (Å²) in [6.07, 6.45) is 1.47. The maximum Gasteiger partial charge on any atom is 0.168 e. The molecular weight excluding hydrogens is 346 g/mol. The molecule has 1 fully saturated rings. The van der Waals surface area contributed by atoms with Crippen molar-refractivity contribution in [1.82, 2.24) is 0 Å². The molecule has 4 rings (SSSR count).